The van der Waals surface area contributed by atoms with Crippen LogP contribution in [-0.2, 0) is 0 Å². The molecule has 3 rings (SSSR count). The summed E-state index contributed by atoms with van der Waals surface area (Å²) >= 11 is 12.2. The molecule has 0 saturated heterocycles. The molecule has 102 valence electrons. The third-order valence-electron chi connectivity index (χ3n) is 2.87. The highest BCUT2D eigenvalue weighted by molar-refractivity contribution is 6.38. The van der Waals surface area contributed by atoms with Crippen molar-refractivity contribution in [1.82, 2.24) is 14.5 Å². The lowest BCUT2D eigenvalue weighted by molar-refractivity contribution is 0.627. The van der Waals surface area contributed by atoms with E-state index in [0.717, 1.165) is 5.69 Å². The van der Waals surface area contributed by atoms with E-state index in [0.29, 0.717) is 16.9 Å². The fraction of sp³-hybridized carbons (Fsp3) is 0.0769. The van der Waals surface area contributed by atoms with E-state index >= 15 is 0 Å². The van der Waals surface area contributed by atoms with Crippen molar-refractivity contribution in [3.63, 3.8) is 0 Å². The van der Waals surface area contributed by atoms with E-state index in [4.69, 9.17) is 28.9 Å². The first kappa shape index (κ1) is 13.1. The minimum Gasteiger partial charge on any atom is -0.369 e. The number of benzene rings is 1. The monoisotopic (exact) mass is 310 g/mol. The van der Waals surface area contributed by atoms with Crippen LogP contribution in [0.15, 0.2) is 24.3 Å². The smallest absolute Gasteiger partial charge is 0.207 e. The predicted octanol–water partition coefficient (Wildman–Crippen LogP) is 3.76. The van der Waals surface area contributed by atoms with Gasteiger partial charge in [-0.15, -0.1) is 0 Å². The van der Waals surface area contributed by atoms with E-state index in [2.05, 4.69) is 9.97 Å². The van der Waals surface area contributed by atoms with Gasteiger partial charge < -0.3 is 5.73 Å². The van der Waals surface area contributed by atoms with E-state index < -0.39 is 5.82 Å². The molecule has 2 aromatic heterocycles. The molecule has 0 spiro atoms. The molecule has 0 amide bonds. The second kappa shape index (κ2) is 4.61. The SMILES string of the molecule is Cc1ccc2nc(N)n(-c3c(Cl)cc(F)cc3Cl)c2n1. The molecule has 1 aromatic carbocycles. The van der Waals surface area contributed by atoms with Gasteiger partial charge in [0.1, 0.15) is 11.3 Å². The van der Waals surface area contributed by atoms with Crippen molar-refractivity contribution in [2.24, 2.45) is 0 Å². The number of anilines is 1. The number of pyridine rings is 1. The number of rotatable bonds is 1. The van der Waals surface area contributed by atoms with Crippen LogP contribution in [0, 0.1) is 12.7 Å². The van der Waals surface area contributed by atoms with E-state index in [1.165, 1.54) is 16.7 Å². The Morgan fingerprint density at radius 2 is 1.80 bits per heavy atom. The fourth-order valence-corrected chi connectivity index (χ4v) is 2.67. The van der Waals surface area contributed by atoms with Crippen LogP contribution in [0.2, 0.25) is 10.0 Å². The summed E-state index contributed by atoms with van der Waals surface area (Å²) in [5, 5.41) is 0.286. The molecule has 0 radical (unpaired) electrons. The average molecular weight is 311 g/mol. The minimum absolute atomic E-state index is 0.143. The maximum absolute atomic E-state index is 13.3. The Labute approximate surface area is 124 Å². The summed E-state index contributed by atoms with van der Waals surface area (Å²) in [5.74, 6) is -0.329. The van der Waals surface area contributed by atoms with Gasteiger partial charge in [-0.1, -0.05) is 23.2 Å². The van der Waals surface area contributed by atoms with Gasteiger partial charge in [0.15, 0.2) is 5.65 Å². The number of aryl methyl sites for hydroxylation is 1. The summed E-state index contributed by atoms with van der Waals surface area (Å²) < 4.78 is 14.8. The van der Waals surface area contributed by atoms with E-state index in [9.17, 15) is 4.39 Å². The summed E-state index contributed by atoms with van der Waals surface area (Å²) in [5.41, 5.74) is 8.22. The molecule has 0 unspecified atom stereocenters. The maximum Gasteiger partial charge on any atom is 0.207 e. The van der Waals surface area contributed by atoms with Crippen molar-refractivity contribution in [2.45, 2.75) is 6.92 Å². The molecule has 0 aliphatic heterocycles. The molecule has 4 nitrogen and oxygen atoms in total. The first-order valence-electron chi connectivity index (χ1n) is 5.74. The van der Waals surface area contributed by atoms with Crippen molar-refractivity contribution < 1.29 is 4.39 Å². The van der Waals surface area contributed by atoms with Crippen LogP contribution in [0.1, 0.15) is 5.69 Å². The molecule has 7 heteroatoms. The molecule has 0 atom stereocenters. The first-order valence-corrected chi connectivity index (χ1v) is 6.49. The highest BCUT2D eigenvalue weighted by atomic mass is 35.5. The fourth-order valence-electron chi connectivity index (χ4n) is 2.04. The molecule has 20 heavy (non-hydrogen) atoms. The number of fused-ring (bicyclic) bond motifs is 1. The zero-order valence-corrected chi connectivity index (χ0v) is 11.9. The van der Waals surface area contributed by atoms with Crippen molar-refractivity contribution >= 4 is 40.3 Å². The second-order valence-corrected chi connectivity index (χ2v) is 5.13. The Kier molecular flexibility index (Phi) is 3.03. The van der Waals surface area contributed by atoms with E-state index in [1.54, 1.807) is 6.07 Å². The number of imidazole rings is 1. The number of aromatic nitrogens is 3. The summed E-state index contributed by atoms with van der Waals surface area (Å²) in [6.07, 6.45) is 0. The molecular weight excluding hydrogens is 302 g/mol. The third kappa shape index (κ3) is 1.99. The molecule has 3 aromatic rings. The molecule has 0 bridgehead atoms. The highest BCUT2D eigenvalue weighted by Gasteiger charge is 2.17. The zero-order chi connectivity index (χ0) is 14.4. The van der Waals surface area contributed by atoms with Gasteiger partial charge in [0.05, 0.1) is 15.7 Å². The Morgan fingerprint density at radius 3 is 2.45 bits per heavy atom. The summed E-state index contributed by atoms with van der Waals surface area (Å²) in [6, 6.07) is 5.97. The van der Waals surface area contributed by atoms with Gasteiger partial charge in [-0.2, -0.15) is 0 Å². The Bertz CT molecular complexity index is 806. The van der Waals surface area contributed by atoms with Gasteiger partial charge in [-0.05, 0) is 31.2 Å². The summed E-state index contributed by atoms with van der Waals surface area (Å²) in [4.78, 5) is 8.59. The number of nitrogen functional groups attached to an aromatic ring is 1. The summed E-state index contributed by atoms with van der Waals surface area (Å²) in [6.45, 7) is 1.85. The summed E-state index contributed by atoms with van der Waals surface area (Å²) in [7, 11) is 0. The Morgan fingerprint density at radius 1 is 1.15 bits per heavy atom. The standard InChI is InChI=1S/C13H9Cl2FN4/c1-6-2-3-10-12(18-6)20(13(17)19-10)11-8(14)4-7(16)5-9(11)15/h2-5H,1H3,(H2,17,19). The zero-order valence-electron chi connectivity index (χ0n) is 10.4. The Balaban J connectivity index is 2.40. The van der Waals surface area contributed by atoms with Crippen molar-refractivity contribution in [3.05, 3.63) is 45.8 Å². The topological polar surface area (TPSA) is 56.7 Å². The van der Waals surface area contributed by atoms with Gasteiger partial charge in [-0.3, -0.25) is 4.57 Å². The second-order valence-electron chi connectivity index (χ2n) is 4.32. The molecule has 2 heterocycles. The minimum atomic E-state index is -0.518. The molecule has 0 fully saturated rings. The van der Waals surface area contributed by atoms with Crippen LogP contribution < -0.4 is 5.73 Å². The van der Waals surface area contributed by atoms with Crippen LogP contribution in [0.25, 0.3) is 16.9 Å². The van der Waals surface area contributed by atoms with Crippen LogP contribution in [0.5, 0.6) is 0 Å². The van der Waals surface area contributed by atoms with Crippen LogP contribution in [0.3, 0.4) is 0 Å². The highest BCUT2D eigenvalue weighted by Crippen LogP contribution is 2.33. The molecule has 0 aliphatic carbocycles. The van der Waals surface area contributed by atoms with Crippen molar-refractivity contribution in [1.29, 1.82) is 0 Å². The largest absolute Gasteiger partial charge is 0.369 e. The van der Waals surface area contributed by atoms with Crippen LogP contribution in [-0.4, -0.2) is 14.5 Å². The number of nitrogens with zero attached hydrogens (tertiary/aromatic N) is 3. The van der Waals surface area contributed by atoms with E-state index in [-0.39, 0.29) is 16.0 Å². The van der Waals surface area contributed by atoms with Crippen molar-refractivity contribution in [3.8, 4) is 5.69 Å². The molecule has 2 N–H and O–H groups in total. The third-order valence-corrected chi connectivity index (χ3v) is 3.45. The molecule has 0 aliphatic rings. The van der Waals surface area contributed by atoms with Gasteiger partial charge >= 0.3 is 0 Å². The Hall–Kier alpha value is -1.85. The van der Waals surface area contributed by atoms with Gasteiger partial charge in [0.2, 0.25) is 5.95 Å². The predicted molar refractivity (Wildman–Crippen MR) is 78.0 cm³/mol. The lowest BCUT2D eigenvalue weighted by atomic mass is 10.3. The number of nitrogens with two attached hydrogens (primary N) is 1. The quantitative estimate of drug-likeness (QED) is 0.744. The van der Waals surface area contributed by atoms with Crippen LogP contribution >= 0.6 is 23.2 Å². The normalized spacial score (nSPS) is 11.2. The molecular formula is C13H9Cl2FN4. The number of halogens is 3. The molecule has 0 saturated carbocycles. The van der Waals surface area contributed by atoms with E-state index in [1.807, 2.05) is 13.0 Å². The first-order chi connectivity index (χ1) is 9.47. The number of hydrogen-bond donors (Lipinski definition) is 1. The number of hydrogen-bond acceptors (Lipinski definition) is 3. The lowest BCUT2D eigenvalue weighted by Crippen LogP contribution is -2.03. The average Bonchev–Trinajstić information content (AvgIpc) is 2.65. The van der Waals surface area contributed by atoms with Gasteiger partial charge in [0.25, 0.3) is 0 Å². The maximum atomic E-state index is 13.3. The van der Waals surface area contributed by atoms with Gasteiger partial charge in [-0.25, -0.2) is 14.4 Å². The van der Waals surface area contributed by atoms with Gasteiger partial charge in [0, 0.05) is 5.69 Å². The van der Waals surface area contributed by atoms with Crippen LogP contribution in [0.4, 0.5) is 10.3 Å². The lowest BCUT2D eigenvalue weighted by Gasteiger charge is -2.10. The van der Waals surface area contributed by atoms with Crippen molar-refractivity contribution in [2.75, 3.05) is 5.73 Å².